The predicted octanol–water partition coefficient (Wildman–Crippen LogP) is 10.0. The average molecular weight is 583 g/mol. The van der Waals surface area contributed by atoms with Crippen molar-refractivity contribution >= 4 is 43.7 Å². The van der Waals surface area contributed by atoms with E-state index in [2.05, 4.69) is 28.8 Å². The fourth-order valence-electron chi connectivity index (χ4n) is 6.30. The zero-order chi connectivity index (χ0) is 29.9. The minimum absolute atomic E-state index is 0.346. The highest BCUT2D eigenvalue weighted by atomic mass is 19.1. The van der Waals surface area contributed by atoms with Crippen LogP contribution >= 0.6 is 0 Å². The Labute approximate surface area is 256 Å². The molecule has 6 aromatic carbocycles. The predicted molar refractivity (Wildman–Crippen MR) is 178 cm³/mol. The molecule has 0 bridgehead atoms. The van der Waals surface area contributed by atoms with Crippen molar-refractivity contribution in [3.8, 4) is 39.9 Å². The Balaban J connectivity index is 1.29. The van der Waals surface area contributed by atoms with E-state index in [1.54, 1.807) is 6.07 Å². The molecule has 45 heavy (non-hydrogen) atoms. The average Bonchev–Trinajstić information content (AvgIpc) is 3.63. The molecule has 0 fully saturated rings. The van der Waals surface area contributed by atoms with Gasteiger partial charge in [-0.1, -0.05) is 103 Å². The fourth-order valence-corrected chi connectivity index (χ4v) is 6.30. The molecule has 6 heteroatoms. The maximum absolute atomic E-state index is 14.8. The summed E-state index contributed by atoms with van der Waals surface area (Å²) >= 11 is 0. The third-order valence-corrected chi connectivity index (χ3v) is 8.32. The van der Waals surface area contributed by atoms with Crippen LogP contribution in [0, 0.1) is 5.82 Å². The molecule has 3 heterocycles. The van der Waals surface area contributed by atoms with Crippen LogP contribution in [-0.4, -0.2) is 19.5 Å². The number of para-hydroxylation sites is 2. The lowest BCUT2D eigenvalue weighted by Gasteiger charge is -2.11. The molecule has 3 aromatic heterocycles. The molecular weight excluding hydrogens is 559 g/mol. The summed E-state index contributed by atoms with van der Waals surface area (Å²) in [5, 5.41) is 4.02. The monoisotopic (exact) mass is 582 g/mol. The standard InChI is InChI=1S/C39H23FN4O/c40-27-22-31(24-11-3-1-4-12-24)36-30-20-19-26(21-34(30)45-35(36)23-27)38-41-37(25-13-5-2-6-14-25)42-39(43-38)44-32-17-9-7-15-28(32)29-16-8-10-18-33(29)44/h1-23H. The fraction of sp³-hybridized carbons (Fsp3) is 0. The molecule has 0 atom stereocenters. The number of benzene rings is 6. The molecule has 0 amide bonds. The number of hydrogen-bond donors (Lipinski definition) is 0. The van der Waals surface area contributed by atoms with Crippen molar-refractivity contribution in [1.82, 2.24) is 19.5 Å². The first-order valence-electron chi connectivity index (χ1n) is 14.7. The van der Waals surface area contributed by atoms with Gasteiger partial charge in [0.2, 0.25) is 5.95 Å². The van der Waals surface area contributed by atoms with Crippen LogP contribution in [0.4, 0.5) is 4.39 Å². The Morgan fingerprint density at radius 1 is 0.489 bits per heavy atom. The third-order valence-electron chi connectivity index (χ3n) is 8.32. The van der Waals surface area contributed by atoms with Crippen LogP contribution in [0.1, 0.15) is 0 Å². The van der Waals surface area contributed by atoms with E-state index in [0.29, 0.717) is 28.8 Å². The van der Waals surface area contributed by atoms with E-state index < -0.39 is 0 Å². The van der Waals surface area contributed by atoms with E-state index in [1.165, 1.54) is 6.07 Å². The van der Waals surface area contributed by atoms with Crippen molar-refractivity contribution in [2.24, 2.45) is 0 Å². The summed E-state index contributed by atoms with van der Waals surface area (Å²) in [6.45, 7) is 0. The molecule has 0 radical (unpaired) electrons. The molecular formula is C39H23FN4O. The molecule has 5 nitrogen and oxygen atoms in total. The SMILES string of the molecule is Fc1cc(-c2ccccc2)c2c(c1)oc1cc(-c3nc(-c4ccccc4)nc(-n4c5ccccc5c5ccccc54)n3)ccc12. The largest absolute Gasteiger partial charge is 0.456 e. The Bertz CT molecular complexity index is 2500. The van der Waals surface area contributed by atoms with Crippen LogP contribution < -0.4 is 0 Å². The zero-order valence-corrected chi connectivity index (χ0v) is 23.9. The normalized spacial score (nSPS) is 11.7. The van der Waals surface area contributed by atoms with Gasteiger partial charge in [0.25, 0.3) is 0 Å². The summed E-state index contributed by atoms with van der Waals surface area (Å²) in [5.41, 5.74) is 6.52. The summed E-state index contributed by atoms with van der Waals surface area (Å²) in [6, 6.07) is 45.2. The van der Waals surface area contributed by atoms with Gasteiger partial charge in [-0.2, -0.15) is 9.97 Å². The first-order chi connectivity index (χ1) is 22.2. The molecule has 0 spiro atoms. The highest BCUT2D eigenvalue weighted by molar-refractivity contribution is 6.13. The summed E-state index contributed by atoms with van der Waals surface area (Å²) in [7, 11) is 0. The number of rotatable bonds is 4. The molecule has 0 aliphatic rings. The molecule has 9 rings (SSSR count). The van der Waals surface area contributed by atoms with Crippen molar-refractivity contribution in [3.63, 3.8) is 0 Å². The number of aromatic nitrogens is 4. The smallest absolute Gasteiger partial charge is 0.238 e. The quantitative estimate of drug-likeness (QED) is 0.207. The second-order valence-corrected chi connectivity index (χ2v) is 11.0. The first-order valence-corrected chi connectivity index (χ1v) is 14.7. The number of nitrogens with zero attached hydrogens (tertiary/aromatic N) is 4. The van der Waals surface area contributed by atoms with Gasteiger partial charge in [-0.3, -0.25) is 4.57 Å². The van der Waals surface area contributed by atoms with E-state index >= 15 is 0 Å². The van der Waals surface area contributed by atoms with Gasteiger partial charge in [0.15, 0.2) is 11.6 Å². The van der Waals surface area contributed by atoms with Crippen molar-refractivity contribution in [2.45, 2.75) is 0 Å². The maximum Gasteiger partial charge on any atom is 0.238 e. The van der Waals surface area contributed by atoms with E-state index in [-0.39, 0.29) is 5.82 Å². The topological polar surface area (TPSA) is 56.7 Å². The molecule has 0 saturated carbocycles. The summed E-state index contributed by atoms with van der Waals surface area (Å²) < 4.78 is 23.1. The Hall–Kier alpha value is -6.14. The van der Waals surface area contributed by atoms with Crippen LogP contribution in [0.5, 0.6) is 0 Å². The van der Waals surface area contributed by atoms with E-state index in [1.807, 2.05) is 103 Å². The van der Waals surface area contributed by atoms with Crippen molar-refractivity contribution in [3.05, 3.63) is 145 Å². The van der Waals surface area contributed by atoms with E-state index in [0.717, 1.165) is 54.8 Å². The lowest BCUT2D eigenvalue weighted by Crippen LogP contribution is -2.06. The summed E-state index contributed by atoms with van der Waals surface area (Å²) in [6.07, 6.45) is 0. The van der Waals surface area contributed by atoms with Gasteiger partial charge in [0.05, 0.1) is 11.0 Å². The molecule has 212 valence electrons. The van der Waals surface area contributed by atoms with Gasteiger partial charge in [0.1, 0.15) is 17.0 Å². The summed E-state index contributed by atoms with van der Waals surface area (Å²) in [5.74, 6) is 1.25. The Morgan fingerprint density at radius 2 is 1.09 bits per heavy atom. The molecule has 0 aliphatic carbocycles. The number of hydrogen-bond acceptors (Lipinski definition) is 4. The first kappa shape index (κ1) is 25.4. The van der Waals surface area contributed by atoms with Gasteiger partial charge in [-0.25, -0.2) is 9.37 Å². The number of halogens is 1. The van der Waals surface area contributed by atoms with Crippen LogP contribution in [0.15, 0.2) is 144 Å². The molecule has 0 N–H and O–H groups in total. The van der Waals surface area contributed by atoms with Crippen molar-refractivity contribution < 1.29 is 8.81 Å². The van der Waals surface area contributed by atoms with Crippen LogP contribution in [0.2, 0.25) is 0 Å². The minimum Gasteiger partial charge on any atom is -0.456 e. The summed E-state index contributed by atoms with van der Waals surface area (Å²) in [4.78, 5) is 15.0. The third kappa shape index (κ3) is 4.11. The molecule has 0 saturated heterocycles. The van der Waals surface area contributed by atoms with Crippen molar-refractivity contribution in [2.75, 3.05) is 0 Å². The van der Waals surface area contributed by atoms with Crippen LogP contribution in [0.25, 0.3) is 83.6 Å². The maximum atomic E-state index is 14.8. The molecule has 0 unspecified atom stereocenters. The minimum atomic E-state index is -0.346. The second-order valence-electron chi connectivity index (χ2n) is 11.0. The van der Waals surface area contributed by atoms with Gasteiger partial charge >= 0.3 is 0 Å². The van der Waals surface area contributed by atoms with E-state index in [4.69, 9.17) is 19.4 Å². The van der Waals surface area contributed by atoms with Crippen LogP contribution in [0.3, 0.4) is 0 Å². The second kappa shape index (κ2) is 9.96. The van der Waals surface area contributed by atoms with Gasteiger partial charge in [-0.15, -0.1) is 0 Å². The van der Waals surface area contributed by atoms with Crippen LogP contribution in [-0.2, 0) is 0 Å². The lowest BCUT2D eigenvalue weighted by atomic mass is 9.99. The Morgan fingerprint density at radius 3 is 1.78 bits per heavy atom. The molecule has 0 aliphatic heterocycles. The highest BCUT2D eigenvalue weighted by Crippen LogP contribution is 2.39. The van der Waals surface area contributed by atoms with E-state index in [9.17, 15) is 4.39 Å². The highest BCUT2D eigenvalue weighted by Gasteiger charge is 2.19. The Kier molecular flexibility index (Phi) is 5.62. The number of furan rings is 1. The molecule has 9 aromatic rings. The zero-order valence-electron chi connectivity index (χ0n) is 23.9. The van der Waals surface area contributed by atoms with Crippen molar-refractivity contribution in [1.29, 1.82) is 0 Å². The lowest BCUT2D eigenvalue weighted by molar-refractivity contribution is 0.619. The van der Waals surface area contributed by atoms with Gasteiger partial charge < -0.3 is 4.42 Å². The number of fused-ring (bicyclic) bond motifs is 6. The van der Waals surface area contributed by atoms with Gasteiger partial charge in [0, 0.05) is 38.7 Å². The van der Waals surface area contributed by atoms with Gasteiger partial charge in [-0.05, 0) is 41.5 Å².